The van der Waals surface area contributed by atoms with Crippen LogP contribution in [-0.2, 0) is 52.2 Å². The second kappa shape index (κ2) is 20.7. The highest BCUT2D eigenvalue weighted by Gasteiger charge is 2.56. The van der Waals surface area contributed by atoms with Crippen molar-refractivity contribution in [3.63, 3.8) is 0 Å². The quantitative estimate of drug-likeness (QED) is 0.0817. The van der Waals surface area contributed by atoms with E-state index >= 15 is 0 Å². The van der Waals surface area contributed by atoms with Crippen LogP contribution in [0.2, 0.25) is 0 Å². The summed E-state index contributed by atoms with van der Waals surface area (Å²) in [5.41, 5.74) is 0. The second-order valence-corrected chi connectivity index (χ2v) is 15.4. The van der Waals surface area contributed by atoms with Crippen LogP contribution in [0.5, 0.6) is 0 Å². The lowest BCUT2D eigenvalue weighted by atomic mass is 9.93. The largest absolute Gasteiger partial charge is 0.394 e. The van der Waals surface area contributed by atoms with Gasteiger partial charge in [0.05, 0.1) is 32.0 Å². The Kier molecular flexibility index (Phi) is 16.9. The molecule has 5 aliphatic heterocycles. The molecule has 15 N–H and O–H groups in total. The van der Waals surface area contributed by atoms with Gasteiger partial charge in [0.15, 0.2) is 31.5 Å². The maximum Gasteiger partial charge on any atom is 0.217 e. The Balaban J connectivity index is 1.51. The number of aliphatic hydroxyl groups is 13. The van der Waals surface area contributed by atoms with Crippen LogP contribution in [0.25, 0.3) is 0 Å². The maximum absolute atomic E-state index is 12.6. The third-order valence-electron chi connectivity index (χ3n) is 11.0. The van der Waals surface area contributed by atoms with Gasteiger partial charge in [-0.3, -0.25) is 9.59 Å². The monoisotopic (exact) mass is 878 g/mol. The summed E-state index contributed by atoms with van der Waals surface area (Å²) in [5.74, 6) is -1.55. The zero-order valence-corrected chi connectivity index (χ0v) is 32.9. The van der Waals surface area contributed by atoms with E-state index in [2.05, 4.69) is 10.6 Å². The lowest BCUT2D eigenvalue weighted by Gasteiger charge is -2.51. The normalized spacial score (nSPS) is 50.2. The van der Waals surface area contributed by atoms with Gasteiger partial charge in [0.1, 0.15) is 110 Å². The molecule has 2 amide bonds. The fourth-order valence-corrected chi connectivity index (χ4v) is 7.62. The number of rotatable bonds is 13. The number of nitrogens with one attached hydrogen (secondary N) is 2. The molecular formula is C34H58N2O24. The zero-order chi connectivity index (χ0) is 44.5. The highest BCUT2D eigenvalue weighted by molar-refractivity contribution is 5.73. The van der Waals surface area contributed by atoms with E-state index in [1.54, 1.807) is 0 Å². The van der Waals surface area contributed by atoms with Crippen molar-refractivity contribution in [1.29, 1.82) is 0 Å². The minimum absolute atomic E-state index is 0.732. The van der Waals surface area contributed by atoms with Crippen molar-refractivity contribution in [3.8, 4) is 0 Å². The summed E-state index contributed by atoms with van der Waals surface area (Å²) in [6.07, 6.45) is -39.3. The predicted molar refractivity (Wildman–Crippen MR) is 187 cm³/mol. The van der Waals surface area contributed by atoms with Crippen molar-refractivity contribution in [2.45, 2.75) is 181 Å². The molecule has 0 aromatic rings. The van der Waals surface area contributed by atoms with Crippen LogP contribution in [0.3, 0.4) is 0 Å². The first-order chi connectivity index (χ1) is 28.2. The zero-order valence-electron chi connectivity index (χ0n) is 32.9. The van der Waals surface area contributed by atoms with Crippen molar-refractivity contribution >= 4 is 11.8 Å². The topological polar surface area (TPSA) is 404 Å². The summed E-state index contributed by atoms with van der Waals surface area (Å²) in [7, 11) is 0. The average Bonchev–Trinajstić information content (AvgIpc) is 3.20. The van der Waals surface area contributed by atoms with Gasteiger partial charge in [0.25, 0.3) is 0 Å². The molecule has 26 nitrogen and oxygen atoms in total. The van der Waals surface area contributed by atoms with Gasteiger partial charge in [-0.1, -0.05) is 0 Å². The van der Waals surface area contributed by atoms with Crippen LogP contribution in [0.4, 0.5) is 0 Å². The number of amides is 2. The molecule has 0 radical (unpaired) electrons. The first-order valence-electron chi connectivity index (χ1n) is 19.3. The van der Waals surface area contributed by atoms with Crippen LogP contribution >= 0.6 is 0 Å². The second-order valence-electron chi connectivity index (χ2n) is 15.4. The van der Waals surface area contributed by atoms with E-state index in [0.717, 1.165) is 13.8 Å². The van der Waals surface area contributed by atoms with Crippen LogP contribution in [0.1, 0.15) is 27.7 Å². The van der Waals surface area contributed by atoms with Crippen LogP contribution in [0, 0.1) is 0 Å². The third-order valence-corrected chi connectivity index (χ3v) is 11.0. The molecule has 0 bridgehead atoms. The fraction of sp³-hybridized carbons (Fsp3) is 0.941. The molecule has 348 valence electrons. The number of ether oxygens (including phenoxy) is 9. The highest BCUT2D eigenvalue weighted by atomic mass is 16.8. The Bertz CT molecular complexity index is 1400. The molecule has 0 aromatic heterocycles. The molecule has 5 heterocycles. The summed E-state index contributed by atoms with van der Waals surface area (Å²) < 4.78 is 52.3. The van der Waals surface area contributed by atoms with Crippen LogP contribution in [-0.4, -0.2) is 251 Å². The predicted octanol–water partition coefficient (Wildman–Crippen LogP) is -9.58. The SMILES string of the molecule is CC(=O)N[C@@H]1[C@@H](O[C@@H]2O[C@@H](C)[C@@H](O)[C@@H](O)[C@@H]2O)[C@H](O[C@@H]2O[C@H](CO)[C@@H](O[C@@H]3O[C@H](CO)[C@@H](O)[C@H](O)[C@@H]3O)[C@H](O)[C@H]2NC(C)=O)[C@@H](CO[C@@H]2O[C@@H](C)[C@@H](O)[C@@H](O)[C@@H]2O)O[C@H]1O. The maximum atomic E-state index is 12.6. The molecule has 5 rings (SSSR count). The van der Waals surface area contributed by atoms with E-state index in [-0.39, 0.29) is 0 Å². The fourth-order valence-electron chi connectivity index (χ4n) is 7.62. The molecular weight excluding hydrogens is 820 g/mol. The molecule has 5 aliphatic rings. The van der Waals surface area contributed by atoms with E-state index in [9.17, 15) is 76.0 Å². The van der Waals surface area contributed by atoms with E-state index in [0.29, 0.717) is 0 Å². The van der Waals surface area contributed by atoms with Gasteiger partial charge >= 0.3 is 0 Å². The van der Waals surface area contributed by atoms with Crippen molar-refractivity contribution in [2.24, 2.45) is 0 Å². The van der Waals surface area contributed by atoms with E-state index < -0.39 is 185 Å². The number of hydrogen-bond donors (Lipinski definition) is 15. The molecule has 0 aliphatic carbocycles. The Morgan fingerprint density at radius 1 is 0.467 bits per heavy atom. The van der Waals surface area contributed by atoms with E-state index in [1.807, 2.05) is 0 Å². The lowest BCUT2D eigenvalue weighted by Crippen LogP contribution is -2.71. The van der Waals surface area contributed by atoms with Crippen molar-refractivity contribution in [1.82, 2.24) is 10.6 Å². The number of aliphatic hydroxyl groups excluding tert-OH is 13. The Hall–Kier alpha value is -1.94. The highest BCUT2D eigenvalue weighted by Crippen LogP contribution is 2.35. The van der Waals surface area contributed by atoms with Gasteiger partial charge < -0.3 is 120 Å². The number of carbonyl (C=O) groups excluding carboxylic acids is 2. The minimum Gasteiger partial charge on any atom is -0.394 e. The van der Waals surface area contributed by atoms with Crippen LogP contribution < -0.4 is 10.6 Å². The molecule has 0 saturated carbocycles. The van der Waals surface area contributed by atoms with Crippen LogP contribution in [0.15, 0.2) is 0 Å². The Morgan fingerprint density at radius 3 is 1.47 bits per heavy atom. The van der Waals surface area contributed by atoms with Crippen molar-refractivity contribution in [3.05, 3.63) is 0 Å². The molecule has 0 unspecified atom stereocenters. The molecule has 0 aromatic carbocycles. The first-order valence-corrected chi connectivity index (χ1v) is 19.3. The molecule has 25 atom stereocenters. The molecule has 0 spiro atoms. The minimum atomic E-state index is -1.99. The average molecular weight is 879 g/mol. The van der Waals surface area contributed by atoms with E-state index in [4.69, 9.17) is 42.6 Å². The first kappa shape index (κ1) is 49.1. The number of hydrogen-bond acceptors (Lipinski definition) is 24. The Morgan fingerprint density at radius 2 is 0.917 bits per heavy atom. The summed E-state index contributed by atoms with van der Waals surface area (Å²) in [6, 6.07) is -3.32. The number of carbonyl (C=O) groups is 2. The smallest absolute Gasteiger partial charge is 0.217 e. The van der Waals surface area contributed by atoms with Crippen molar-refractivity contribution in [2.75, 3.05) is 19.8 Å². The summed E-state index contributed by atoms with van der Waals surface area (Å²) in [5, 5.41) is 142. The van der Waals surface area contributed by atoms with Gasteiger partial charge in [-0.2, -0.15) is 0 Å². The van der Waals surface area contributed by atoms with E-state index in [1.165, 1.54) is 13.8 Å². The van der Waals surface area contributed by atoms with Gasteiger partial charge in [0, 0.05) is 13.8 Å². The molecule has 26 heteroatoms. The van der Waals surface area contributed by atoms with Crippen molar-refractivity contribution < 1.29 is 119 Å². The Labute approximate surface area is 342 Å². The molecule has 60 heavy (non-hydrogen) atoms. The summed E-state index contributed by atoms with van der Waals surface area (Å²) in [4.78, 5) is 25.1. The summed E-state index contributed by atoms with van der Waals surface area (Å²) >= 11 is 0. The van der Waals surface area contributed by atoms with Gasteiger partial charge in [-0.15, -0.1) is 0 Å². The van der Waals surface area contributed by atoms with Gasteiger partial charge in [0.2, 0.25) is 11.8 Å². The van der Waals surface area contributed by atoms with Gasteiger partial charge in [-0.25, -0.2) is 0 Å². The summed E-state index contributed by atoms with van der Waals surface area (Å²) in [6.45, 7) is 2.32. The third kappa shape index (κ3) is 10.5. The lowest BCUT2D eigenvalue weighted by molar-refractivity contribution is -0.377. The molecule has 5 saturated heterocycles. The molecule has 5 fully saturated rings. The van der Waals surface area contributed by atoms with Gasteiger partial charge in [-0.05, 0) is 13.8 Å². The standard InChI is InChI=1S/C34H58N2O24/c1-8-17(41)21(45)24(48)32(53-8)52-7-14-28(29(16(30(51)55-14)36-11(4)40)60-33-25(49)22(46)18(42)9(2)54-33)59-31-15(35-10(3)39)20(44)27(13(6-38)57-31)58-34-26(50)23(47)19(43)12(5-37)56-34/h8-9,12-34,37-38,41-51H,5-7H2,1-4H3,(H,35,39)(H,36,40)/t8-,9-,12+,13+,14+,15+,16+,17+,18+,19+,20+,21+,22+,23-,24-,25-,26-,27+,28+,29+,30+,31-,32+,33-,34-/m0/s1.